The van der Waals surface area contributed by atoms with E-state index in [0.29, 0.717) is 5.56 Å². The van der Waals surface area contributed by atoms with Crippen LogP contribution in [0.5, 0.6) is 0 Å². The second-order valence-corrected chi connectivity index (χ2v) is 3.24. The Balaban J connectivity index is 2.98. The van der Waals surface area contributed by atoms with Crippen LogP contribution in [-0.4, -0.2) is 17.0 Å². The highest BCUT2D eigenvalue weighted by Crippen LogP contribution is 2.18. The van der Waals surface area contributed by atoms with Crippen molar-refractivity contribution < 1.29 is 19.4 Å². The van der Waals surface area contributed by atoms with Gasteiger partial charge in [0, 0.05) is 12.5 Å². The molecule has 4 nitrogen and oxygen atoms in total. The van der Waals surface area contributed by atoms with E-state index in [1.54, 1.807) is 18.2 Å². The van der Waals surface area contributed by atoms with Gasteiger partial charge >= 0.3 is 11.9 Å². The minimum absolute atomic E-state index is 0.470. The first-order chi connectivity index (χ1) is 7.00. The molecular formula is C11H12O4. The maximum absolute atomic E-state index is 10.9. The molecule has 0 aliphatic rings. The molecule has 0 fully saturated rings. The summed E-state index contributed by atoms with van der Waals surface area (Å²) >= 11 is 0. The van der Waals surface area contributed by atoms with Gasteiger partial charge in [-0.2, -0.15) is 0 Å². The lowest BCUT2D eigenvalue weighted by Gasteiger charge is -2.12. The van der Waals surface area contributed by atoms with Crippen molar-refractivity contribution in [1.29, 1.82) is 0 Å². The summed E-state index contributed by atoms with van der Waals surface area (Å²) in [6.07, 6.45) is -1.22. The van der Waals surface area contributed by atoms with E-state index in [9.17, 15) is 9.59 Å². The Kier molecular flexibility index (Phi) is 3.44. The Morgan fingerprint density at radius 2 is 2.07 bits per heavy atom. The maximum Gasteiger partial charge on any atom is 0.349 e. The Morgan fingerprint density at radius 3 is 2.53 bits per heavy atom. The van der Waals surface area contributed by atoms with Gasteiger partial charge in [0.25, 0.3) is 0 Å². The fraction of sp³-hybridized carbons (Fsp3) is 0.273. The van der Waals surface area contributed by atoms with Crippen LogP contribution in [0.4, 0.5) is 0 Å². The molecule has 0 aliphatic heterocycles. The minimum atomic E-state index is -1.22. The monoisotopic (exact) mass is 208 g/mol. The molecule has 1 rings (SSSR count). The summed E-state index contributed by atoms with van der Waals surface area (Å²) in [4.78, 5) is 21.6. The lowest BCUT2D eigenvalue weighted by molar-refractivity contribution is -0.163. The van der Waals surface area contributed by atoms with E-state index in [1.165, 1.54) is 6.92 Å². The number of carbonyl (C=O) groups excluding carboxylic acids is 1. The normalized spacial score (nSPS) is 11.9. The fourth-order valence-electron chi connectivity index (χ4n) is 1.26. The number of hydrogen-bond acceptors (Lipinski definition) is 3. The van der Waals surface area contributed by atoms with E-state index < -0.39 is 18.0 Å². The Labute approximate surface area is 87.5 Å². The van der Waals surface area contributed by atoms with Crippen LogP contribution < -0.4 is 0 Å². The number of esters is 1. The van der Waals surface area contributed by atoms with Crippen molar-refractivity contribution in [2.75, 3.05) is 0 Å². The second kappa shape index (κ2) is 4.59. The van der Waals surface area contributed by atoms with E-state index in [-0.39, 0.29) is 0 Å². The van der Waals surface area contributed by atoms with E-state index in [1.807, 2.05) is 13.0 Å². The molecule has 4 heteroatoms. The van der Waals surface area contributed by atoms with Gasteiger partial charge in [-0.3, -0.25) is 4.79 Å². The van der Waals surface area contributed by atoms with Crippen molar-refractivity contribution in [3.05, 3.63) is 35.4 Å². The second-order valence-electron chi connectivity index (χ2n) is 3.24. The van der Waals surface area contributed by atoms with Crippen molar-refractivity contribution in [3.63, 3.8) is 0 Å². The molecule has 1 N–H and O–H groups in total. The summed E-state index contributed by atoms with van der Waals surface area (Å²) in [5.74, 6) is -1.78. The van der Waals surface area contributed by atoms with Crippen LogP contribution in [-0.2, 0) is 14.3 Å². The largest absolute Gasteiger partial charge is 0.478 e. The average molecular weight is 208 g/mol. The maximum atomic E-state index is 10.9. The topological polar surface area (TPSA) is 63.6 Å². The van der Waals surface area contributed by atoms with E-state index in [2.05, 4.69) is 0 Å². The summed E-state index contributed by atoms with van der Waals surface area (Å²) in [6, 6.07) is 6.87. The summed E-state index contributed by atoms with van der Waals surface area (Å²) < 4.78 is 4.71. The molecule has 1 unspecified atom stereocenters. The van der Waals surface area contributed by atoms with Crippen LogP contribution in [0.3, 0.4) is 0 Å². The van der Waals surface area contributed by atoms with Gasteiger partial charge in [0.2, 0.25) is 6.10 Å². The van der Waals surface area contributed by atoms with Gasteiger partial charge in [-0.15, -0.1) is 0 Å². The molecule has 0 aliphatic carbocycles. The summed E-state index contributed by atoms with van der Waals surface area (Å²) in [5.41, 5.74) is 1.39. The molecule has 0 radical (unpaired) electrons. The molecule has 1 atom stereocenters. The molecule has 0 amide bonds. The number of carboxylic acid groups (broad SMARTS) is 1. The van der Waals surface area contributed by atoms with Crippen molar-refractivity contribution in [3.8, 4) is 0 Å². The molecule has 0 saturated carbocycles. The quantitative estimate of drug-likeness (QED) is 0.767. The van der Waals surface area contributed by atoms with Gasteiger partial charge in [-0.05, 0) is 6.92 Å². The zero-order valence-electron chi connectivity index (χ0n) is 8.56. The van der Waals surface area contributed by atoms with E-state index in [0.717, 1.165) is 5.56 Å². The van der Waals surface area contributed by atoms with Crippen LogP contribution >= 0.6 is 0 Å². The first-order valence-electron chi connectivity index (χ1n) is 4.47. The van der Waals surface area contributed by atoms with Crippen LogP contribution in [0.1, 0.15) is 24.2 Å². The van der Waals surface area contributed by atoms with Crippen molar-refractivity contribution >= 4 is 11.9 Å². The predicted molar refractivity (Wildman–Crippen MR) is 53.3 cm³/mol. The predicted octanol–water partition coefficient (Wildman–Crippen LogP) is 1.68. The number of aliphatic carboxylic acids is 1. The smallest absolute Gasteiger partial charge is 0.349 e. The molecule has 0 heterocycles. The van der Waals surface area contributed by atoms with Crippen LogP contribution in [0.2, 0.25) is 0 Å². The van der Waals surface area contributed by atoms with Crippen molar-refractivity contribution in [2.45, 2.75) is 20.0 Å². The number of benzene rings is 1. The number of aryl methyl sites for hydroxylation is 1. The number of rotatable bonds is 3. The Hall–Kier alpha value is -1.84. The highest BCUT2D eigenvalue weighted by Gasteiger charge is 2.22. The van der Waals surface area contributed by atoms with Gasteiger partial charge in [-0.1, -0.05) is 29.8 Å². The zero-order valence-corrected chi connectivity index (χ0v) is 8.56. The first-order valence-corrected chi connectivity index (χ1v) is 4.47. The number of ether oxygens (including phenoxy) is 1. The molecular weight excluding hydrogens is 196 g/mol. The average Bonchev–Trinajstić information content (AvgIpc) is 2.13. The van der Waals surface area contributed by atoms with Gasteiger partial charge in [-0.25, -0.2) is 4.79 Å². The van der Waals surface area contributed by atoms with Crippen molar-refractivity contribution in [1.82, 2.24) is 0 Å². The third kappa shape index (κ3) is 3.09. The third-order valence-corrected chi connectivity index (χ3v) is 1.85. The lowest BCUT2D eigenvalue weighted by Crippen LogP contribution is -2.17. The van der Waals surface area contributed by atoms with Crippen LogP contribution in [0.15, 0.2) is 24.3 Å². The molecule has 0 saturated heterocycles. The molecule has 0 spiro atoms. The highest BCUT2D eigenvalue weighted by molar-refractivity contribution is 5.78. The lowest BCUT2D eigenvalue weighted by atomic mass is 10.1. The van der Waals surface area contributed by atoms with Gasteiger partial charge < -0.3 is 9.84 Å². The summed E-state index contributed by atoms with van der Waals surface area (Å²) in [7, 11) is 0. The van der Waals surface area contributed by atoms with Gasteiger partial charge in [0.15, 0.2) is 0 Å². The molecule has 1 aromatic carbocycles. The van der Waals surface area contributed by atoms with E-state index in [4.69, 9.17) is 9.84 Å². The zero-order chi connectivity index (χ0) is 11.4. The Morgan fingerprint density at radius 1 is 1.40 bits per heavy atom. The summed E-state index contributed by atoms with van der Waals surface area (Å²) in [5, 5.41) is 8.89. The minimum Gasteiger partial charge on any atom is -0.478 e. The molecule has 80 valence electrons. The highest BCUT2D eigenvalue weighted by atomic mass is 16.6. The van der Waals surface area contributed by atoms with Crippen molar-refractivity contribution in [2.24, 2.45) is 0 Å². The SMILES string of the molecule is CC(=O)OC(C(=O)O)c1cccc(C)c1. The number of carboxylic acids is 1. The van der Waals surface area contributed by atoms with E-state index >= 15 is 0 Å². The number of hydrogen-bond donors (Lipinski definition) is 1. The third-order valence-electron chi connectivity index (χ3n) is 1.85. The molecule has 15 heavy (non-hydrogen) atoms. The summed E-state index contributed by atoms with van der Waals surface area (Å²) in [6.45, 7) is 3.03. The standard InChI is InChI=1S/C11H12O4/c1-7-4-3-5-9(6-7)10(11(13)14)15-8(2)12/h3-6,10H,1-2H3,(H,13,14). The van der Waals surface area contributed by atoms with Crippen LogP contribution in [0.25, 0.3) is 0 Å². The first kappa shape index (κ1) is 11.2. The van der Waals surface area contributed by atoms with Gasteiger partial charge in [0.05, 0.1) is 0 Å². The molecule has 0 bridgehead atoms. The number of carbonyl (C=O) groups is 2. The van der Waals surface area contributed by atoms with Gasteiger partial charge in [0.1, 0.15) is 0 Å². The van der Waals surface area contributed by atoms with Crippen LogP contribution in [0, 0.1) is 6.92 Å². The Bertz CT molecular complexity index is 384. The fourth-order valence-corrected chi connectivity index (χ4v) is 1.26. The molecule has 0 aromatic heterocycles. The molecule has 1 aromatic rings.